The topological polar surface area (TPSA) is 61.6 Å². The van der Waals surface area contributed by atoms with Gasteiger partial charge < -0.3 is 19.6 Å². The molecule has 3 aromatic carbocycles. The summed E-state index contributed by atoms with van der Waals surface area (Å²) in [4.78, 5) is 18.1. The highest BCUT2D eigenvalue weighted by Gasteiger charge is 2.33. The summed E-state index contributed by atoms with van der Waals surface area (Å²) < 4.78 is 5.89. The highest BCUT2D eigenvalue weighted by Crippen LogP contribution is 2.46. The lowest BCUT2D eigenvalue weighted by molar-refractivity contribution is 0.104. The van der Waals surface area contributed by atoms with Crippen LogP contribution in [0.15, 0.2) is 59.1 Å². The third-order valence-electron chi connectivity index (χ3n) is 6.74. The largest absolute Gasteiger partial charge is 0.378 e. The SMILES string of the molecule is CN(C)c1ccc(Nc2cc(N3CCCCC3)c3noc4c3c2C(=O)c2ccccc2-4)cc1. The van der Waals surface area contributed by atoms with Gasteiger partial charge in [-0.25, -0.2) is 0 Å². The van der Waals surface area contributed by atoms with Crippen molar-refractivity contribution in [3.63, 3.8) is 0 Å². The fraction of sp³-hybridized carbons (Fsp3) is 0.259. The molecule has 166 valence electrons. The predicted octanol–water partition coefficient (Wildman–Crippen LogP) is 5.84. The third-order valence-corrected chi connectivity index (χ3v) is 6.74. The molecule has 4 aromatic rings. The monoisotopic (exact) mass is 438 g/mol. The zero-order chi connectivity index (χ0) is 22.5. The summed E-state index contributed by atoms with van der Waals surface area (Å²) in [7, 11) is 4.05. The van der Waals surface area contributed by atoms with Crippen molar-refractivity contribution in [2.45, 2.75) is 19.3 Å². The van der Waals surface area contributed by atoms with Crippen LogP contribution in [-0.2, 0) is 0 Å². The highest BCUT2D eigenvalue weighted by atomic mass is 16.5. The van der Waals surface area contributed by atoms with Crippen LogP contribution in [0.2, 0.25) is 0 Å². The molecular formula is C27H26N4O2. The first-order valence-electron chi connectivity index (χ1n) is 11.5. The van der Waals surface area contributed by atoms with E-state index in [9.17, 15) is 4.79 Å². The van der Waals surface area contributed by atoms with Crippen molar-refractivity contribution in [2.75, 3.05) is 42.3 Å². The average molecular weight is 439 g/mol. The smallest absolute Gasteiger partial charge is 0.196 e. The van der Waals surface area contributed by atoms with Crippen LogP contribution < -0.4 is 15.1 Å². The van der Waals surface area contributed by atoms with E-state index in [0.717, 1.165) is 65.1 Å². The van der Waals surface area contributed by atoms with Gasteiger partial charge in [0.15, 0.2) is 11.5 Å². The van der Waals surface area contributed by atoms with Gasteiger partial charge in [0.25, 0.3) is 0 Å². The standard InChI is InChI=1S/C27H26N4O2/c1-30(2)18-12-10-17(11-13-18)28-21-16-22(31-14-6-3-7-15-31)25-24-23(21)26(32)19-8-4-5-9-20(19)27(24)33-29-25/h4-5,8-13,16,28H,3,6-7,14-15H2,1-2H3. The van der Waals surface area contributed by atoms with Crippen LogP contribution in [-0.4, -0.2) is 38.1 Å². The van der Waals surface area contributed by atoms with Crippen LogP contribution in [0.4, 0.5) is 22.7 Å². The molecule has 1 fully saturated rings. The molecule has 1 N–H and O–H groups in total. The van der Waals surface area contributed by atoms with Crippen molar-refractivity contribution in [1.29, 1.82) is 0 Å². The molecule has 1 aliphatic carbocycles. The summed E-state index contributed by atoms with van der Waals surface area (Å²) in [5.74, 6) is 0.684. The summed E-state index contributed by atoms with van der Waals surface area (Å²) in [5, 5.41) is 8.83. The molecule has 0 amide bonds. The van der Waals surface area contributed by atoms with E-state index < -0.39 is 0 Å². The van der Waals surface area contributed by atoms with E-state index in [1.807, 2.05) is 50.5 Å². The summed E-state index contributed by atoms with van der Waals surface area (Å²) in [5.41, 5.74) is 6.76. The Bertz CT molecular complexity index is 1370. The second-order valence-electron chi connectivity index (χ2n) is 9.04. The number of carbonyl (C=O) groups is 1. The number of nitrogens with zero attached hydrogens (tertiary/aromatic N) is 3. The molecule has 0 unspecified atom stereocenters. The Hall–Kier alpha value is -3.80. The molecule has 1 aromatic heterocycles. The van der Waals surface area contributed by atoms with Gasteiger partial charge >= 0.3 is 0 Å². The van der Waals surface area contributed by atoms with Crippen LogP contribution in [0.1, 0.15) is 35.2 Å². The van der Waals surface area contributed by atoms with E-state index in [2.05, 4.69) is 38.5 Å². The lowest BCUT2D eigenvalue weighted by atomic mass is 9.86. The summed E-state index contributed by atoms with van der Waals surface area (Å²) in [6, 6.07) is 17.9. The number of anilines is 4. The normalized spacial score (nSPS) is 15.0. The third kappa shape index (κ3) is 3.17. The maximum absolute atomic E-state index is 13.7. The molecule has 1 saturated heterocycles. The number of carbonyl (C=O) groups excluding carboxylic acids is 1. The minimum absolute atomic E-state index is 0.00362. The molecule has 2 heterocycles. The van der Waals surface area contributed by atoms with Gasteiger partial charge in [0, 0.05) is 49.7 Å². The van der Waals surface area contributed by atoms with Gasteiger partial charge in [0.05, 0.1) is 22.3 Å². The zero-order valence-electron chi connectivity index (χ0n) is 18.9. The molecule has 0 spiro atoms. The minimum Gasteiger partial charge on any atom is -0.378 e. The van der Waals surface area contributed by atoms with Crippen molar-refractivity contribution < 1.29 is 9.32 Å². The summed E-state index contributed by atoms with van der Waals surface area (Å²) in [6.45, 7) is 1.97. The van der Waals surface area contributed by atoms with Crippen molar-refractivity contribution in [3.05, 3.63) is 65.7 Å². The number of fused-ring (bicyclic) bond motifs is 2. The van der Waals surface area contributed by atoms with Crippen molar-refractivity contribution in [3.8, 4) is 11.3 Å². The fourth-order valence-electron chi connectivity index (χ4n) is 5.02. The molecule has 1 aliphatic heterocycles. The first kappa shape index (κ1) is 19.9. The Morgan fingerprint density at radius 1 is 0.970 bits per heavy atom. The average Bonchev–Trinajstić information content (AvgIpc) is 3.29. The first-order chi connectivity index (χ1) is 16.1. The van der Waals surface area contributed by atoms with E-state index in [4.69, 9.17) is 4.52 Å². The number of hydrogen-bond acceptors (Lipinski definition) is 6. The Labute approximate surface area is 192 Å². The molecule has 0 saturated carbocycles. The number of benzene rings is 3. The molecule has 6 nitrogen and oxygen atoms in total. The maximum atomic E-state index is 13.7. The number of aromatic nitrogens is 1. The van der Waals surface area contributed by atoms with E-state index in [1.54, 1.807) is 0 Å². The van der Waals surface area contributed by atoms with Gasteiger partial charge in [-0.15, -0.1) is 0 Å². The molecule has 0 radical (unpaired) electrons. The highest BCUT2D eigenvalue weighted by molar-refractivity contribution is 6.28. The Kier molecular flexibility index (Phi) is 4.61. The lowest BCUT2D eigenvalue weighted by Gasteiger charge is -2.30. The Morgan fingerprint density at radius 2 is 1.70 bits per heavy atom. The summed E-state index contributed by atoms with van der Waals surface area (Å²) >= 11 is 0. The maximum Gasteiger partial charge on any atom is 0.196 e. The van der Waals surface area contributed by atoms with Crippen molar-refractivity contribution in [1.82, 2.24) is 5.16 Å². The second-order valence-corrected chi connectivity index (χ2v) is 9.04. The molecule has 6 rings (SSSR count). The number of rotatable bonds is 4. The van der Waals surface area contributed by atoms with Gasteiger partial charge in [-0.3, -0.25) is 4.79 Å². The van der Waals surface area contributed by atoms with Gasteiger partial charge in [0.1, 0.15) is 5.52 Å². The van der Waals surface area contributed by atoms with Crippen molar-refractivity contribution in [2.24, 2.45) is 0 Å². The Morgan fingerprint density at radius 3 is 2.42 bits per heavy atom. The fourth-order valence-corrected chi connectivity index (χ4v) is 5.02. The predicted molar refractivity (Wildman–Crippen MR) is 133 cm³/mol. The first-order valence-corrected chi connectivity index (χ1v) is 11.5. The number of piperidine rings is 1. The van der Waals surface area contributed by atoms with E-state index in [1.165, 1.54) is 6.42 Å². The minimum atomic E-state index is 0.00362. The molecule has 33 heavy (non-hydrogen) atoms. The van der Waals surface area contributed by atoms with Crippen LogP contribution in [0.5, 0.6) is 0 Å². The van der Waals surface area contributed by atoms with E-state index in [0.29, 0.717) is 16.9 Å². The van der Waals surface area contributed by atoms with Crippen LogP contribution in [0.25, 0.3) is 22.2 Å². The summed E-state index contributed by atoms with van der Waals surface area (Å²) in [6.07, 6.45) is 3.56. The van der Waals surface area contributed by atoms with Crippen molar-refractivity contribution >= 4 is 39.4 Å². The molecule has 0 bridgehead atoms. The Balaban J connectivity index is 1.55. The molecular weight excluding hydrogens is 412 g/mol. The number of hydrogen-bond donors (Lipinski definition) is 1. The van der Waals surface area contributed by atoms with Gasteiger partial charge in [-0.2, -0.15) is 0 Å². The molecule has 0 atom stereocenters. The zero-order valence-corrected chi connectivity index (χ0v) is 18.9. The van der Waals surface area contributed by atoms with Gasteiger partial charge in [-0.05, 0) is 49.6 Å². The van der Waals surface area contributed by atoms with Gasteiger partial charge in [0.2, 0.25) is 0 Å². The second kappa shape index (κ2) is 7.66. The number of nitrogens with one attached hydrogen (secondary N) is 1. The van der Waals surface area contributed by atoms with E-state index in [-0.39, 0.29) is 5.78 Å². The van der Waals surface area contributed by atoms with Gasteiger partial charge in [-0.1, -0.05) is 29.4 Å². The van der Waals surface area contributed by atoms with Crippen LogP contribution in [0.3, 0.4) is 0 Å². The van der Waals surface area contributed by atoms with Crippen LogP contribution in [0, 0.1) is 0 Å². The number of ketones is 1. The van der Waals surface area contributed by atoms with Crippen LogP contribution >= 0.6 is 0 Å². The van der Waals surface area contributed by atoms with E-state index >= 15 is 0 Å². The molecule has 6 heteroatoms. The molecule has 2 aliphatic rings. The lowest BCUT2D eigenvalue weighted by Crippen LogP contribution is -2.29. The quantitative estimate of drug-likeness (QED) is 0.380.